The van der Waals surface area contributed by atoms with Crippen molar-refractivity contribution in [2.75, 3.05) is 0 Å². The number of rotatable bonds is 2. The van der Waals surface area contributed by atoms with Gasteiger partial charge in [0.1, 0.15) is 0 Å². The zero-order chi connectivity index (χ0) is 22.3. The lowest BCUT2D eigenvalue weighted by Crippen LogP contribution is -2.31. The molecule has 0 unspecified atom stereocenters. The third-order valence-electron chi connectivity index (χ3n) is 7.09. The Morgan fingerprint density at radius 1 is 0.594 bits per heavy atom. The Morgan fingerprint density at radius 2 is 1.19 bits per heavy atom. The van der Waals surface area contributed by atoms with Crippen LogP contribution in [0.3, 0.4) is 0 Å². The van der Waals surface area contributed by atoms with Gasteiger partial charge >= 0.3 is 23.9 Å². The lowest BCUT2D eigenvalue weighted by atomic mass is 9.65. The van der Waals surface area contributed by atoms with Crippen molar-refractivity contribution in [3.8, 4) is 0 Å². The van der Waals surface area contributed by atoms with Crippen molar-refractivity contribution in [3.05, 3.63) is 69.8 Å². The molecule has 1 fully saturated rings. The molecule has 0 N–H and O–H groups in total. The van der Waals surface area contributed by atoms with Crippen LogP contribution in [-0.4, -0.2) is 23.9 Å². The van der Waals surface area contributed by atoms with Crippen LogP contribution in [0.5, 0.6) is 0 Å². The van der Waals surface area contributed by atoms with Crippen LogP contribution in [-0.2, 0) is 14.9 Å². The Hall–Kier alpha value is -3.28. The molecule has 0 spiro atoms. The van der Waals surface area contributed by atoms with Crippen molar-refractivity contribution in [2.45, 2.75) is 63.2 Å². The summed E-state index contributed by atoms with van der Waals surface area (Å²) < 4.78 is 9.76. The van der Waals surface area contributed by atoms with E-state index in [4.69, 9.17) is 9.47 Å². The lowest BCUT2D eigenvalue weighted by Gasteiger charge is -2.37. The Balaban J connectivity index is 1.72. The molecule has 2 aromatic rings. The second kappa shape index (κ2) is 8.01. The molecular weight excluding hydrogens is 408 g/mol. The number of esters is 4. The molecular formula is C26H24O6. The van der Waals surface area contributed by atoms with E-state index in [0.29, 0.717) is 11.1 Å². The molecule has 2 aromatic carbocycles. The third kappa shape index (κ3) is 3.25. The van der Waals surface area contributed by atoms with Gasteiger partial charge in [-0.2, -0.15) is 0 Å². The molecule has 0 radical (unpaired) electrons. The van der Waals surface area contributed by atoms with Gasteiger partial charge in [-0.1, -0.05) is 63.1 Å². The summed E-state index contributed by atoms with van der Waals surface area (Å²) in [6.45, 7) is 0. The van der Waals surface area contributed by atoms with E-state index in [1.54, 1.807) is 24.3 Å². The Bertz CT molecular complexity index is 1140. The number of fused-ring (bicyclic) bond motifs is 2. The quantitative estimate of drug-likeness (QED) is 0.484. The van der Waals surface area contributed by atoms with Crippen molar-refractivity contribution in [3.63, 3.8) is 0 Å². The van der Waals surface area contributed by atoms with E-state index in [2.05, 4.69) is 0 Å². The first kappa shape index (κ1) is 20.6. The van der Waals surface area contributed by atoms with Gasteiger partial charge in [0.2, 0.25) is 0 Å². The second-order valence-electron chi connectivity index (χ2n) is 8.90. The summed E-state index contributed by atoms with van der Waals surface area (Å²) in [6, 6.07) is 10.6. The Morgan fingerprint density at radius 3 is 1.91 bits per heavy atom. The minimum absolute atomic E-state index is 0.259. The molecule has 0 atom stereocenters. The summed E-state index contributed by atoms with van der Waals surface area (Å²) in [5, 5.41) is 0. The van der Waals surface area contributed by atoms with E-state index in [1.807, 2.05) is 12.1 Å². The van der Waals surface area contributed by atoms with Crippen molar-refractivity contribution in [2.24, 2.45) is 0 Å². The fourth-order valence-electron chi connectivity index (χ4n) is 5.49. The maximum Gasteiger partial charge on any atom is 0.347 e. The van der Waals surface area contributed by atoms with Crippen molar-refractivity contribution < 1.29 is 28.7 Å². The molecule has 5 rings (SSSR count). The average Bonchev–Trinajstić information content (AvgIpc) is 3.26. The van der Waals surface area contributed by atoms with Gasteiger partial charge < -0.3 is 9.47 Å². The van der Waals surface area contributed by atoms with Crippen LogP contribution in [0.15, 0.2) is 36.4 Å². The van der Waals surface area contributed by atoms with Gasteiger partial charge in [0, 0.05) is 5.41 Å². The maximum atomic E-state index is 12.7. The number of ether oxygens (including phenoxy) is 2. The van der Waals surface area contributed by atoms with Gasteiger partial charge in [0.05, 0.1) is 22.3 Å². The number of carbonyl (C=O) groups is 4. The van der Waals surface area contributed by atoms with Crippen molar-refractivity contribution >= 4 is 23.9 Å². The number of benzene rings is 2. The van der Waals surface area contributed by atoms with Gasteiger partial charge in [0.25, 0.3) is 0 Å². The van der Waals surface area contributed by atoms with Crippen LogP contribution in [0.25, 0.3) is 0 Å². The molecule has 2 heterocycles. The zero-order valence-corrected chi connectivity index (χ0v) is 17.8. The monoisotopic (exact) mass is 432 g/mol. The fourth-order valence-corrected chi connectivity index (χ4v) is 5.49. The lowest BCUT2D eigenvalue weighted by molar-refractivity contribution is 0.0425. The van der Waals surface area contributed by atoms with E-state index < -0.39 is 29.3 Å². The van der Waals surface area contributed by atoms with Crippen LogP contribution >= 0.6 is 0 Å². The highest BCUT2D eigenvalue weighted by Crippen LogP contribution is 2.46. The van der Waals surface area contributed by atoms with E-state index >= 15 is 0 Å². The SMILES string of the molecule is O=C1OC(=O)c2cc(C3(c4cccc5c4C(=O)OC5=O)CCCCCCCCC3)ccc21. The third-order valence-corrected chi connectivity index (χ3v) is 7.09. The van der Waals surface area contributed by atoms with Crippen LogP contribution in [0.2, 0.25) is 0 Å². The first-order chi connectivity index (χ1) is 15.5. The average molecular weight is 432 g/mol. The largest absolute Gasteiger partial charge is 0.386 e. The number of hydrogen-bond donors (Lipinski definition) is 0. The van der Waals surface area contributed by atoms with E-state index in [-0.39, 0.29) is 11.1 Å². The summed E-state index contributed by atoms with van der Waals surface area (Å²) in [5.74, 6) is -2.51. The van der Waals surface area contributed by atoms with Crippen LogP contribution in [0.1, 0.15) is 110 Å². The summed E-state index contributed by atoms with van der Waals surface area (Å²) in [4.78, 5) is 49.3. The van der Waals surface area contributed by atoms with Crippen LogP contribution in [0, 0.1) is 0 Å². The fraction of sp³-hybridized carbons (Fsp3) is 0.385. The van der Waals surface area contributed by atoms with Crippen LogP contribution in [0.4, 0.5) is 0 Å². The molecule has 1 aliphatic carbocycles. The molecule has 0 saturated heterocycles. The summed E-state index contributed by atoms with van der Waals surface area (Å²) >= 11 is 0. The molecule has 6 nitrogen and oxygen atoms in total. The highest BCUT2D eigenvalue weighted by atomic mass is 16.6. The Labute approximate surface area is 185 Å². The number of cyclic esters (lactones) is 4. The first-order valence-corrected chi connectivity index (χ1v) is 11.3. The standard InChI is InChI=1S/C26H24O6/c27-22-17-12-11-16(15-19(17)24(29)31-22)26(13-6-4-2-1-3-5-7-14-26)20-10-8-9-18-21(20)25(30)32-23(18)28/h8-12,15H,1-7,13-14H2. The molecule has 164 valence electrons. The van der Waals surface area contributed by atoms with E-state index in [1.165, 1.54) is 6.42 Å². The topological polar surface area (TPSA) is 86.7 Å². The predicted molar refractivity (Wildman–Crippen MR) is 115 cm³/mol. The molecule has 32 heavy (non-hydrogen) atoms. The molecule has 6 heteroatoms. The van der Waals surface area contributed by atoms with Gasteiger partial charge in [-0.3, -0.25) is 0 Å². The molecule has 0 aromatic heterocycles. The van der Waals surface area contributed by atoms with Crippen molar-refractivity contribution in [1.29, 1.82) is 0 Å². The van der Waals surface area contributed by atoms with Gasteiger partial charge in [-0.15, -0.1) is 0 Å². The smallest absolute Gasteiger partial charge is 0.347 e. The van der Waals surface area contributed by atoms with Gasteiger partial charge in [0.15, 0.2) is 0 Å². The summed E-state index contributed by atoms with van der Waals surface area (Å²) in [6.07, 6.45) is 9.14. The predicted octanol–water partition coefficient (Wildman–Crippen LogP) is 5.12. The number of hydrogen-bond acceptors (Lipinski definition) is 6. The summed E-state index contributed by atoms with van der Waals surface area (Å²) in [5.41, 5.74) is 2.20. The zero-order valence-electron chi connectivity index (χ0n) is 17.8. The highest BCUT2D eigenvalue weighted by molar-refractivity contribution is 6.16. The van der Waals surface area contributed by atoms with Gasteiger partial charge in [-0.05, 0) is 42.2 Å². The molecule has 0 amide bonds. The molecule has 3 aliphatic rings. The molecule has 0 bridgehead atoms. The minimum Gasteiger partial charge on any atom is -0.386 e. The van der Waals surface area contributed by atoms with Crippen molar-refractivity contribution in [1.82, 2.24) is 0 Å². The van der Waals surface area contributed by atoms with E-state index in [9.17, 15) is 19.2 Å². The normalized spacial score (nSPS) is 20.4. The van der Waals surface area contributed by atoms with E-state index in [0.717, 1.165) is 62.5 Å². The highest BCUT2D eigenvalue weighted by Gasteiger charge is 2.43. The first-order valence-electron chi connectivity index (χ1n) is 11.3. The molecule has 1 saturated carbocycles. The summed E-state index contributed by atoms with van der Waals surface area (Å²) in [7, 11) is 0. The maximum absolute atomic E-state index is 12.7. The number of carbonyl (C=O) groups excluding carboxylic acids is 4. The molecule has 2 aliphatic heterocycles. The Kier molecular flexibility index (Phi) is 5.16. The second-order valence-corrected chi connectivity index (χ2v) is 8.90. The van der Waals surface area contributed by atoms with Gasteiger partial charge in [-0.25, -0.2) is 19.2 Å². The minimum atomic E-state index is -0.644. The van der Waals surface area contributed by atoms with Crippen LogP contribution < -0.4 is 0 Å².